The molecule has 0 spiro atoms. The molecule has 0 atom stereocenters. The Balaban J connectivity index is 2.07. The maximum absolute atomic E-state index is 12.6. The topological polar surface area (TPSA) is 68.0 Å². The van der Waals surface area contributed by atoms with Crippen molar-refractivity contribution < 1.29 is 22.5 Å². The van der Waals surface area contributed by atoms with E-state index in [0.717, 1.165) is 18.0 Å². The number of ketones is 1. The van der Waals surface area contributed by atoms with Crippen molar-refractivity contribution in [1.82, 2.24) is 10.1 Å². The highest BCUT2D eigenvalue weighted by Gasteiger charge is 2.32. The van der Waals surface area contributed by atoms with E-state index in [1.165, 1.54) is 6.07 Å². The van der Waals surface area contributed by atoms with E-state index in [9.17, 15) is 18.0 Å². The van der Waals surface area contributed by atoms with Crippen LogP contribution >= 0.6 is 0 Å². The molecule has 1 N–H and O–H groups in total. The van der Waals surface area contributed by atoms with Gasteiger partial charge in [0.05, 0.1) is 23.2 Å². The van der Waals surface area contributed by atoms with Crippen molar-refractivity contribution in [1.29, 1.82) is 0 Å². The molecular formula is C18H22F3N3O2. The largest absolute Gasteiger partial charge is 0.417 e. The van der Waals surface area contributed by atoms with Gasteiger partial charge >= 0.3 is 6.18 Å². The number of anilines is 1. The monoisotopic (exact) mass is 369 g/mol. The molecule has 0 aliphatic carbocycles. The molecule has 0 amide bonds. The first-order chi connectivity index (χ1) is 11.8. The Morgan fingerprint density at radius 1 is 1.15 bits per heavy atom. The highest BCUT2D eigenvalue weighted by atomic mass is 19.4. The highest BCUT2D eigenvalue weighted by Crippen LogP contribution is 2.29. The van der Waals surface area contributed by atoms with Crippen molar-refractivity contribution in [2.45, 2.75) is 58.2 Å². The van der Waals surface area contributed by atoms with Gasteiger partial charge in [-0.15, -0.1) is 0 Å². The number of Topliss-reactive ketones (excluding diaryl/α,β-unsaturated/α-hetero) is 1. The van der Waals surface area contributed by atoms with Crippen molar-refractivity contribution in [3.63, 3.8) is 0 Å². The number of carbonyl (C=O) groups is 1. The van der Waals surface area contributed by atoms with Crippen LogP contribution in [0.1, 0.15) is 51.6 Å². The first-order valence-electron chi connectivity index (χ1n) is 8.10. The van der Waals surface area contributed by atoms with Crippen molar-refractivity contribution in [2.75, 3.05) is 5.32 Å². The maximum Gasteiger partial charge on any atom is 0.417 e. The first kappa shape index (κ1) is 19.9. The lowest BCUT2D eigenvalue weighted by molar-refractivity contribution is -0.137. The summed E-state index contributed by atoms with van der Waals surface area (Å²) < 4.78 is 43.0. The lowest BCUT2D eigenvalue weighted by Crippen LogP contribution is -2.41. The van der Waals surface area contributed by atoms with Crippen LogP contribution in [0.5, 0.6) is 0 Å². The zero-order valence-electron chi connectivity index (χ0n) is 15.4. The minimum absolute atomic E-state index is 0.0176. The third-order valence-corrected chi connectivity index (χ3v) is 3.89. The second kappa shape index (κ2) is 6.74. The molecule has 8 heteroatoms. The Hall–Kier alpha value is -2.38. The summed E-state index contributed by atoms with van der Waals surface area (Å²) in [6.07, 6.45) is -3.70. The lowest BCUT2D eigenvalue weighted by atomic mass is 9.91. The molecule has 0 unspecified atom stereocenters. The molecule has 0 aliphatic heterocycles. The number of nitrogens with zero attached hydrogens (tertiary/aromatic N) is 2. The summed E-state index contributed by atoms with van der Waals surface area (Å²) in [5.41, 5.74) is -1.33. The number of rotatable bonds is 5. The van der Waals surface area contributed by atoms with Gasteiger partial charge in [-0.2, -0.15) is 13.2 Å². The van der Waals surface area contributed by atoms with Gasteiger partial charge in [-0.25, -0.2) is 4.98 Å². The normalized spacial score (nSPS) is 12.9. The van der Waals surface area contributed by atoms with Crippen LogP contribution in [-0.4, -0.2) is 21.5 Å². The molecule has 0 saturated carbocycles. The molecule has 0 saturated heterocycles. The van der Waals surface area contributed by atoms with Gasteiger partial charge < -0.3 is 9.84 Å². The lowest BCUT2D eigenvalue weighted by Gasteiger charge is -2.25. The van der Waals surface area contributed by atoms with Crippen LogP contribution < -0.4 is 5.32 Å². The zero-order valence-corrected chi connectivity index (χ0v) is 15.4. The molecule has 2 aromatic rings. The highest BCUT2D eigenvalue weighted by molar-refractivity contribution is 5.91. The van der Waals surface area contributed by atoms with Gasteiger partial charge in [0, 0.05) is 17.7 Å². The number of nitrogens with one attached hydrogen (secondary N) is 1. The van der Waals surface area contributed by atoms with Crippen LogP contribution in [0.25, 0.3) is 0 Å². The minimum Gasteiger partial charge on any atom is -0.361 e. The van der Waals surface area contributed by atoms with Crippen LogP contribution in [0.15, 0.2) is 28.9 Å². The molecular weight excluding hydrogens is 347 g/mol. The number of hydrogen-bond acceptors (Lipinski definition) is 5. The zero-order chi connectivity index (χ0) is 19.8. The Morgan fingerprint density at radius 3 is 2.27 bits per heavy atom. The molecule has 0 radical (unpaired) electrons. The maximum atomic E-state index is 12.6. The van der Waals surface area contributed by atoms with Gasteiger partial charge in [0.15, 0.2) is 5.78 Å². The Kier molecular flexibility index (Phi) is 5.17. The van der Waals surface area contributed by atoms with Crippen LogP contribution in [0, 0.1) is 0 Å². The summed E-state index contributed by atoms with van der Waals surface area (Å²) in [7, 11) is 0. The average molecular weight is 369 g/mol. The number of pyridine rings is 1. The SMILES string of the molecule is CC(C)(Nc1ccc(C(F)(F)F)cn1)C(=O)Cc1cc(C(C)(C)C)no1. The summed E-state index contributed by atoms with van der Waals surface area (Å²) in [4.78, 5) is 16.3. The third kappa shape index (κ3) is 4.83. The van der Waals surface area contributed by atoms with E-state index in [1.807, 2.05) is 20.8 Å². The van der Waals surface area contributed by atoms with Crippen molar-refractivity contribution in [2.24, 2.45) is 0 Å². The van der Waals surface area contributed by atoms with Crippen molar-refractivity contribution >= 4 is 11.6 Å². The van der Waals surface area contributed by atoms with Crippen molar-refractivity contribution in [3.8, 4) is 0 Å². The average Bonchev–Trinajstić information content (AvgIpc) is 2.95. The van der Waals surface area contributed by atoms with Gasteiger partial charge in [0.2, 0.25) is 0 Å². The summed E-state index contributed by atoms with van der Waals surface area (Å²) in [5.74, 6) is 0.426. The summed E-state index contributed by atoms with van der Waals surface area (Å²) in [5, 5.41) is 6.84. The molecule has 2 aromatic heterocycles. The van der Waals surface area contributed by atoms with E-state index in [1.54, 1.807) is 19.9 Å². The van der Waals surface area contributed by atoms with Gasteiger partial charge in [-0.05, 0) is 26.0 Å². The number of alkyl halides is 3. The molecule has 0 aliphatic rings. The number of aromatic nitrogens is 2. The second-order valence-electron chi connectivity index (χ2n) is 7.71. The minimum atomic E-state index is -4.45. The number of carbonyl (C=O) groups excluding carboxylic acids is 1. The van der Waals surface area contributed by atoms with E-state index < -0.39 is 17.3 Å². The smallest absolute Gasteiger partial charge is 0.361 e. The van der Waals surface area contributed by atoms with Gasteiger partial charge in [-0.3, -0.25) is 4.79 Å². The third-order valence-electron chi connectivity index (χ3n) is 3.89. The van der Waals surface area contributed by atoms with E-state index in [-0.39, 0.29) is 23.4 Å². The number of hydrogen-bond donors (Lipinski definition) is 1. The molecule has 2 heterocycles. The van der Waals surface area contributed by atoms with E-state index in [2.05, 4.69) is 15.5 Å². The molecule has 0 bridgehead atoms. The van der Waals surface area contributed by atoms with Crippen molar-refractivity contribution in [3.05, 3.63) is 41.4 Å². The summed E-state index contributed by atoms with van der Waals surface area (Å²) >= 11 is 0. The van der Waals surface area contributed by atoms with Crippen LogP contribution in [0.3, 0.4) is 0 Å². The quantitative estimate of drug-likeness (QED) is 0.847. The Bertz CT molecular complexity index is 772. The van der Waals surface area contributed by atoms with Gasteiger partial charge in [0.1, 0.15) is 11.6 Å². The summed E-state index contributed by atoms with van der Waals surface area (Å²) in [6, 6.07) is 3.86. The molecule has 142 valence electrons. The van der Waals surface area contributed by atoms with Crippen LogP contribution in [-0.2, 0) is 22.8 Å². The Morgan fingerprint density at radius 2 is 1.81 bits per heavy atom. The fourth-order valence-electron chi connectivity index (χ4n) is 2.15. The fraction of sp³-hybridized carbons (Fsp3) is 0.500. The van der Waals surface area contributed by atoms with E-state index >= 15 is 0 Å². The second-order valence-corrected chi connectivity index (χ2v) is 7.71. The van der Waals surface area contributed by atoms with Gasteiger partial charge in [-0.1, -0.05) is 25.9 Å². The molecule has 26 heavy (non-hydrogen) atoms. The predicted octanol–water partition coefficient (Wildman–Crippen LogP) is 4.39. The molecule has 0 aromatic carbocycles. The van der Waals surface area contributed by atoms with E-state index in [0.29, 0.717) is 5.76 Å². The fourth-order valence-corrected chi connectivity index (χ4v) is 2.15. The predicted molar refractivity (Wildman–Crippen MR) is 90.9 cm³/mol. The van der Waals surface area contributed by atoms with Gasteiger partial charge in [0.25, 0.3) is 0 Å². The molecule has 5 nitrogen and oxygen atoms in total. The molecule has 0 fully saturated rings. The number of halogens is 3. The molecule has 2 rings (SSSR count). The van der Waals surface area contributed by atoms with E-state index in [4.69, 9.17) is 4.52 Å². The first-order valence-corrected chi connectivity index (χ1v) is 8.10. The van der Waals surface area contributed by atoms with Crippen LogP contribution in [0.2, 0.25) is 0 Å². The summed E-state index contributed by atoms with van der Waals surface area (Å²) in [6.45, 7) is 9.22. The standard InChI is InChI=1S/C18H22F3N3O2/c1-16(2,3)13-8-12(26-24-13)9-14(25)17(4,5)23-15-7-6-11(10-22-15)18(19,20)21/h6-8,10H,9H2,1-5H3,(H,22,23). The Labute approximate surface area is 150 Å². The van der Waals surface area contributed by atoms with Crippen LogP contribution in [0.4, 0.5) is 19.0 Å².